The van der Waals surface area contributed by atoms with Gasteiger partial charge in [-0.2, -0.15) is 9.97 Å². The number of nitrogens with zero attached hydrogens (tertiary/aromatic N) is 6. The number of imidazole rings is 1. The van der Waals surface area contributed by atoms with Gasteiger partial charge in [0.15, 0.2) is 28.8 Å². The Morgan fingerprint density at radius 2 is 1.94 bits per heavy atom. The minimum atomic E-state index is -2.87. The monoisotopic (exact) mass is 673 g/mol. The molecule has 0 bridgehead atoms. The average molecular weight is 674 g/mol. The number of nitrogens with one attached hydrogen (secondary N) is 1. The normalized spacial score (nSPS) is 23.2. The third-order valence-corrected chi connectivity index (χ3v) is 8.38. The van der Waals surface area contributed by atoms with E-state index >= 15 is 0 Å². The number of halogens is 1. The third-order valence-electron chi connectivity index (χ3n) is 8.21. The van der Waals surface area contributed by atoms with Gasteiger partial charge < -0.3 is 45.2 Å². The van der Waals surface area contributed by atoms with Crippen molar-refractivity contribution >= 4 is 52.2 Å². The van der Waals surface area contributed by atoms with Crippen LogP contribution in [0.25, 0.3) is 11.2 Å². The largest absolute Gasteiger partial charge is 0.479 e. The lowest BCUT2D eigenvalue weighted by atomic mass is 9.91. The minimum absolute atomic E-state index is 0.112. The van der Waals surface area contributed by atoms with Gasteiger partial charge in [-0.3, -0.25) is 9.47 Å². The number of β-amino-alcohol motifs (C(OH)–C–C–N with tert-alkyl or cyclic N) is 1. The molecule has 4 atom stereocenters. The number of carbonyl (C=O) groups is 3. The number of aliphatic hydroxyl groups excluding tert-OH is 2. The second kappa shape index (κ2) is 13.3. The van der Waals surface area contributed by atoms with Gasteiger partial charge in [0, 0.05) is 38.8 Å². The summed E-state index contributed by atoms with van der Waals surface area (Å²) in [5, 5.41) is 54.5. The van der Waals surface area contributed by atoms with Crippen LogP contribution in [-0.4, -0.2) is 131 Å². The number of rotatable bonds is 12. The van der Waals surface area contributed by atoms with Gasteiger partial charge in [-0.25, -0.2) is 19.4 Å². The van der Waals surface area contributed by atoms with E-state index in [1.807, 2.05) is 0 Å². The summed E-state index contributed by atoms with van der Waals surface area (Å²) in [4.78, 5) is 53.2. The molecule has 4 heterocycles. The van der Waals surface area contributed by atoms with Crippen molar-refractivity contribution in [3.05, 3.63) is 41.4 Å². The van der Waals surface area contributed by atoms with Gasteiger partial charge in [0.05, 0.1) is 19.5 Å². The van der Waals surface area contributed by atoms with Crippen molar-refractivity contribution in [3.8, 4) is 12.3 Å². The van der Waals surface area contributed by atoms with Gasteiger partial charge in [-0.05, 0) is 35.7 Å². The number of benzene rings is 1. The fourth-order valence-electron chi connectivity index (χ4n) is 5.63. The molecule has 17 nitrogen and oxygen atoms in total. The van der Waals surface area contributed by atoms with Gasteiger partial charge in [-0.1, -0.05) is 18.1 Å². The van der Waals surface area contributed by atoms with E-state index in [1.165, 1.54) is 32.8 Å². The standard InChI is InChI=1S/C29H32ClN7O10/c1-3-28(45)18(47-23(20(28)39)37-15-32-19-21(31-2)33-26(30)34-22(19)37)14-46-29(24(40)41,25(42)43)13-16-5-7-17(8-6-16)36-10-4-9-35(11-12-38)27(36)44/h1,5-8,15,18,20,23,38-39,45H,4,9-14H2,2H3,(H,40,41)(H,42,43)(H,31,33,34)/t18-,20+,23-,28-/m1/s1. The molecule has 2 aliphatic rings. The summed E-state index contributed by atoms with van der Waals surface area (Å²) >= 11 is 6.04. The maximum Gasteiger partial charge on any atom is 0.348 e. The fraction of sp³-hybridized carbons (Fsp3) is 0.448. The summed E-state index contributed by atoms with van der Waals surface area (Å²) in [7, 11) is 1.58. The molecule has 18 heteroatoms. The van der Waals surface area contributed by atoms with Crippen LogP contribution in [0.15, 0.2) is 30.6 Å². The molecular weight excluding hydrogens is 642 g/mol. The number of hydrogen-bond donors (Lipinski definition) is 6. The van der Waals surface area contributed by atoms with E-state index in [-0.39, 0.29) is 47.0 Å². The summed E-state index contributed by atoms with van der Waals surface area (Å²) in [5.41, 5.74) is -4.22. The molecule has 250 valence electrons. The summed E-state index contributed by atoms with van der Waals surface area (Å²) < 4.78 is 12.6. The number of carboxylic acid groups (broad SMARTS) is 2. The van der Waals surface area contributed by atoms with Crippen LogP contribution in [-0.2, 0) is 25.5 Å². The first-order chi connectivity index (χ1) is 22.4. The average Bonchev–Trinajstić information content (AvgIpc) is 3.58. The van der Waals surface area contributed by atoms with Crippen molar-refractivity contribution in [3.63, 3.8) is 0 Å². The number of aliphatic carboxylic acids is 2. The summed E-state index contributed by atoms with van der Waals surface area (Å²) in [6.45, 7) is 0.0617. The number of carbonyl (C=O) groups excluding carboxylic acids is 1. The molecule has 2 saturated heterocycles. The number of aromatic nitrogens is 4. The first-order valence-electron chi connectivity index (χ1n) is 14.4. The van der Waals surface area contributed by atoms with Crippen molar-refractivity contribution in [2.45, 2.75) is 42.5 Å². The number of ether oxygens (including phenoxy) is 2. The number of aliphatic hydroxyl groups is 3. The van der Waals surface area contributed by atoms with Gasteiger partial charge >= 0.3 is 18.0 Å². The van der Waals surface area contributed by atoms with E-state index in [1.54, 1.807) is 19.2 Å². The van der Waals surface area contributed by atoms with E-state index in [4.69, 9.17) is 27.5 Å². The van der Waals surface area contributed by atoms with Crippen LogP contribution in [0.5, 0.6) is 0 Å². The van der Waals surface area contributed by atoms with Crippen LogP contribution in [0, 0.1) is 12.3 Å². The zero-order valence-corrected chi connectivity index (χ0v) is 25.7. The zero-order valence-electron chi connectivity index (χ0n) is 25.0. The summed E-state index contributed by atoms with van der Waals surface area (Å²) in [6.07, 6.45) is 1.97. The predicted molar refractivity (Wildman–Crippen MR) is 164 cm³/mol. The Morgan fingerprint density at radius 1 is 1.23 bits per heavy atom. The highest BCUT2D eigenvalue weighted by Crippen LogP contribution is 2.39. The number of amides is 2. The predicted octanol–water partition coefficient (Wildman–Crippen LogP) is -0.0643. The van der Waals surface area contributed by atoms with Crippen molar-refractivity contribution in [1.29, 1.82) is 0 Å². The molecule has 0 spiro atoms. The highest BCUT2D eigenvalue weighted by molar-refractivity contribution is 6.28. The number of carboxylic acids is 2. The van der Waals surface area contributed by atoms with Crippen LogP contribution in [0.2, 0.25) is 5.28 Å². The molecule has 0 saturated carbocycles. The number of urea groups is 1. The Kier molecular flexibility index (Phi) is 9.54. The molecule has 1 aromatic carbocycles. The van der Waals surface area contributed by atoms with E-state index in [0.29, 0.717) is 25.2 Å². The fourth-order valence-corrected chi connectivity index (χ4v) is 5.80. The molecule has 6 N–H and O–H groups in total. The summed E-state index contributed by atoms with van der Waals surface area (Å²) in [6, 6.07) is 5.74. The minimum Gasteiger partial charge on any atom is -0.479 e. The van der Waals surface area contributed by atoms with E-state index in [2.05, 4.69) is 26.2 Å². The molecule has 2 fully saturated rings. The van der Waals surface area contributed by atoms with Gasteiger partial charge in [0.25, 0.3) is 5.60 Å². The first kappa shape index (κ1) is 33.8. The molecule has 3 aromatic rings. The molecule has 2 aliphatic heterocycles. The van der Waals surface area contributed by atoms with Crippen molar-refractivity contribution < 1.29 is 49.4 Å². The molecule has 0 unspecified atom stereocenters. The van der Waals surface area contributed by atoms with Crippen LogP contribution in [0.4, 0.5) is 16.3 Å². The Bertz CT molecular complexity index is 1700. The number of fused-ring (bicyclic) bond motifs is 1. The topological polar surface area (TPSA) is 233 Å². The van der Waals surface area contributed by atoms with E-state index in [0.717, 1.165) is 0 Å². The molecule has 0 aliphatic carbocycles. The lowest BCUT2D eigenvalue weighted by Gasteiger charge is -2.35. The molecule has 2 aromatic heterocycles. The quantitative estimate of drug-likeness (QED) is 0.0840. The maximum atomic E-state index is 12.8. The van der Waals surface area contributed by atoms with Gasteiger partial charge in [0.2, 0.25) is 5.28 Å². The summed E-state index contributed by atoms with van der Waals surface area (Å²) in [5.74, 6) is -1.35. The van der Waals surface area contributed by atoms with Crippen LogP contribution < -0.4 is 10.2 Å². The lowest BCUT2D eigenvalue weighted by Crippen LogP contribution is -2.55. The molecular formula is C29H32ClN7O10. The van der Waals surface area contributed by atoms with Crippen LogP contribution in [0.1, 0.15) is 18.2 Å². The van der Waals surface area contributed by atoms with Crippen molar-refractivity contribution in [2.24, 2.45) is 0 Å². The van der Waals surface area contributed by atoms with Crippen molar-refractivity contribution in [1.82, 2.24) is 24.4 Å². The van der Waals surface area contributed by atoms with E-state index < -0.39 is 54.6 Å². The molecule has 0 radical (unpaired) electrons. The zero-order chi connectivity index (χ0) is 34.1. The Hall–Kier alpha value is -4.57. The number of hydrogen-bond acceptors (Lipinski definition) is 12. The lowest BCUT2D eigenvalue weighted by molar-refractivity contribution is -0.191. The van der Waals surface area contributed by atoms with Crippen LogP contribution in [0.3, 0.4) is 0 Å². The number of anilines is 2. The second-order valence-electron chi connectivity index (χ2n) is 10.9. The number of terminal acetylenes is 1. The molecule has 47 heavy (non-hydrogen) atoms. The SMILES string of the molecule is C#C[C@@]1(O)[C@@H](COC(Cc2ccc(N3CCCN(CCO)C3=O)cc2)(C(=O)O)C(=O)O)O[C@@H](n2cnc3c(NC)nc(Cl)nc32)[C@@H]1O. The third kappa shape index (κ3) is 6.02. The van der Waals surface area contributed by atoms with E-state index in [9.17, 15) is 39.9 Å². The highest BCUT2D eigenvalue weighted by atomic mass is 35.5. The van der Waals surface area contributed by atoms with Crippen molar-refractivity contribution in [2.75, 3.05) is 50.1 Å². The Morgan fingerprint density at radius 3 is 2.55 bits per heavy atom. The Labute approximate surface area is 272 Å². The molecule has 5 rings (SSSR count). The van der Waals surface area contributed by atoms with Gasteiger partial charge in [-0.15, -0.1) is 6.42 Å². The first-order valence-corrected chi connectivity index (χ1v) is 14.8. The smallest absolute Gasteiger partial charge is 0.348 e. The van der Waals surface area contributed by atoms with Crippen LogP contribution >= 0.6 is 11.6 Å². The maximum absolute atomic E-state index is 12.8. The highest BCUT2D eigenvalue weighted by Gasteiger charge is 2.58. The molecule has 2 amide bonds. The Balaban J connectivity index is 1.37. The second-order valence-corrected chi connectivity index (χ2v) is 11.3. The van der Waals surface area contributed by atoms with Gasteiger partial charge in [0.1, 0.15) is 12.2 Å².